The molecule has 0 spiro atoms. The summed E-state index contributed by atoms with van der Waals surface area (Å²) < 4.78 is 13.0. The summed E-state index contributed by atoms with van der Waals surface area (Å²) in [5.41, 5.74) is 2.32. The number of hydrogen-bond acceptors (Lipinski definition) is 7. The Morgan fingerprint density at radius 1 is 1.11 bits per heavy atom. The molecule has 7 nitrogen and oxygen atoms in total. The average molecular weight is 388 g/mol. The number of rotatable bonds is 5. The van der Waals surface area contributed by atoms with Crippen molar-refractivity contribution in [2.75, 3.05) is 7.11 Å². The van der Waals surface area contributed by atoms with Gasteiger partial charge < -0.3 is 9.47 Å². The van der Waals surface area contributed by atoms with Gasteiger partial charge in [0.25, 0.3) is 0 Å². The number of hydrogen-bond donors (Lipinski definition) is 0. The molecule has 0 saturated carbocycles. The van der Waals surface area contributed by atoms with E-state index in [1.54, 1.807) is 17.8 Å². The number of pyridine rings is 1. The molecular weight excluding hydrogens is 374 g/mol. The van der Waals surface area contributed by atoms with Crippen LogP contribution in [0.15, 0.2) is 54.7 Å². The van der Waals surface area contributed by atoms with Crippen LogP contribution >= 0.6 is 11.3 Å². The molecule has 5 rings (SSSR count). The van der Waals surface area contributed by atoms with Gasteiger partial charge in [0, 0.05) is 23.0 Å². The van der Waals surface area contributed by atoms with Gasteiger partial charge in [0.2, 0.25) is 0 Å². The van der Waals surface area contributed by atoms with Gasteiger partial charge >= 0.3 is 0 Å². The summed E-state index contributed by atoms with van der Waals surface area (Å²) in [5, 5.41) is 17.0. The molecule has 5 aromatic rings. The molecule has 4 aromatic heterocycles. The van der Waals surface area contributed by atoms with Crippen molar-refractivity contribution in [1.82, 2.24) is 24.8 Å². The van der Waals surface area contributed by atoms with E-state index in [0.717, 1.165) is 27.2 Å². The molecule has 1 radical (unpaired) electrons. The van der Waals surface area contributed by atoms with Crippen molar-refractivity contribution in [3.63, 3.8) is 0 Å². The highest BCUT2D eigenvalue weighted by atomic mass is 32.1. The van der Waals surface area contributed by atoms with Gasteiger partial charge in [-0.15, -0.1) is 21.5 Å². The second kappa shape index (κ2) is 6.90. The molecule has 28 heavy (non-hydrogen) atoms. The molecule has 0 unspecified atom stereocenters. The van der Waals surface area contributed by atoms with Crippen LogP contribution in [0.3, 0.4) is 0 Å². The van der Waals surface area contributed by atoms with Gasteiger partial charge in [-0.25, -0.2) is 0 Å². The van der Waals surface area contributed by atoms with Crippen LogP contribution in [-0.4, -0.2) is 31.9 Å². The van der Waals surface area contributed by atoms with Gasteiger partial charge in [-0.2, -0.15) is 9.61 Å². The first-order chi connectivity index (χ1) is 13.8. The Hall–Kier alpha value is -3.52. The lowest BCUT2D eigenvalue weighted by atomic mass is 10.2. The van der Waals surface area contributed by atoms with Crippen LogP contribution in [0.1, 0.15) is 5.82 Å². The van der Waals surface area contributed by atoms with E-state index in [1.165, 1.54) is 11.3 Å². The largest absolute Gasteiger partial charge is 0.497 e. The fourth-order valence-corrected chi connectivity index (χ4v) is 3.54. The van der Waals surface area contributed by atoms with E-state index in [9.17, 15) is 0 Å². The maximum Gasteiger partial charge on any atom is 0.192 e. The highest BCUT2D eigenvalue weighted by molar-refractivity contribution is 7.13. The Balaban J connectivity index is 1.46. The molecular formula is C20H14N5O2S. The summed E-state index contributed by atoms with van der Waals surface area (Å²) in [6.07, 6.45) is 1.71. The minimum absolute atomic E-state index is 0.235. The third-order valence-corrected chi connectivity index (χ3v) is 5.14. The predicted octanol–water partition coefficient (Wildman–Crippen LogP) is 3.79. The molecule has 0 aliphatic carbocycles. The number of benzene rings is 1. The minimum atomic E-state index is 0.235. The first-order valence-electron chi connectivity index (χ1n) is 8.55. The Morgan fingerprint density at radius 3 is 2.93 bits per heavy atom. The maximum absolute atomic E-state index is 6.03. The zero-order valence-electron chi connectivity index (χ0n) is 14.9. The molecule has 4 heterocycles. The standard InChI is InChI=1S/C20H14N5O2S/c1-26-13-4-5-14-16(11-13)21-9-8-17(14)27-12-20-23-22-19-7-6-15(24-25(19)20)18-3-2-10-28-18/h2-9,11H,12H2,1H3. The van der Waals surface area contributed by atoms with Crippen LogP contribution in [0.2, 0.25) is 0 Å². The van der Waals surface area contributed by atoms with Crippen molar-refractivity contribution >= 4 is 27.9 Å². The van der Waals surface area contributed by atoms with E-state index in [1.807, 2.05) is 48.5 Å². The second-order valence-corrected chi connectivity index (χ2v) is 6.88. The van der Waals surface area contributed by atoms with Gasteiger partial charge in [-0.3, -0.25) is 4.98 Å². The summed E-state index contributed by atoms with van der Waals surface area (Å²) in [6, 6.07) is 15.2. The summed E-state index contributed by atoms with van der Waals surface area (Å²) in [6.45, 7) is 0.235. The molecule has 8 heteroatoms. The number of methoxy groups -OCH3 is 1. The Bertz CT molecular complexity index is 1270. The second-order valence-electron chi connectivity index (χ2n) is 6.00. The SMILES string of the molecule is COc1ccc2c(OCc3nnc4ccc(-c5cc[c]s5)nn34)ccnc2c1. The first kappa shape index (κ1) is 16.6. The predicted molar refractivity (Wildman–Crippen MR) is 106 cm³/mol. The maximum atomic E-state index is 6.03. The lowest BCUT2D eigenvalue weighted by Gasteiger charge is -2.09. The van der Waals surface area contributed by atoms with Crippen LogP contribution in [0.5, 0.6) is 11.5 Å². The van der Waals surface area contributed by atoms with E-state index >= 15 is 0 Å². The molecule has 0 bridgehead atoms. The van der Waals surface area contributed by atoms with Crippen molar-refractivity contribution in [1.29, 1.82) is 0 Å². The third-order valence-electron chi connectivity index (χ3n) is 4.32. The number of ether oxygens (including phenoxy) is 2. The fraction of sp³-hybridized carbons (Fsp3) is 0.100. The molecule has 0 aliphatic heterocycles. The molecule has 0 fully saturated rings. The summed E-state index contributed by atoms with van der Waals surface area (Å²) >= 11 is 1.52. The highest BCUT2D eigenvalue weighted by Crippen LogP contribution is 2.28. The molecule has 0 N–H and O–H groups in total. The Kier molecular flexibility index (Phi) is 4.10. The van der Waals surface area contributed by atoms with Crippen molar-refractivity contribution < 1.29 is 9.47 Å². The van der Waals surface area contributed by atoms with E-state index in [-0.39, 0.29) is 6.61 Å². The van der Waals surface area contributed by atoms with Crippen molar-refractivity contribution in [2.24, 2.45) is 0 Å². The number of thiophene rings is 1. The summed E-state index contributed by atoms with van der Waals surface area (Å²) in [5.74, 6) is 2.09. The van der Waals surface area contributed by atoms with E-state index in [4.69, 9.17) is 9.47 Å². The van der Waals surface area contributed by atoms with Crippen LogP contribution < -0.4 is 9.47 Å². The van der Waals surface area contributed by atoms with Crippen LogP contribution in [0.4, 0.5) is 0 Å². The fourth-order valence-electron chi connectivity index (χ4n) is 2.93. The quantitative estimate of drug-likeness (QED) is 0.456. The number of aromatic nitrogens is 5. The van der Waals surface area contributed by atoms with E-state index in [2.05, 4.69) is 25.7 Å². The smallest absolute Gasteiger partial charge is 0.192 e. The van der Waals surface area contributed by atoms with Gasteiger partial charge in [-0.1, -0.05) is 0 Å². The average Bonchev–Trinajstić information content (AvgIpc) is 3.41. The zero-order chi connectivity index (χ0) is 18.9. The number of fused-ring (bicyclic) bond motifs is 2. The normalized spacial score (nSPS) is 11.2. The van der Waals surface area contributed by atoms with Crippen LogP contribution in [0, 0.1) is 5.38 Å². The van der Waals surface area contributed by atoms with E-state index < -0.39 is 0 Å². The third kappa shape index (κ3) is 2.93. The lowest BCUT2D eigenvalue weighted by Crippen LogP contribution is -2.04. The van der Waals surface area contributed by atoms with Crippen LogP contribution in [-0.2, 0) is 6.61 Å². The monoisotopic (exact) mass is 388 g/mol. The molecule has 137 valence electrons. The van der Waals surface area contributed by atoms with Crippen LogP contribution in [0.25, 0.3) is 27.1 Å². The zero-order valence-corrected chi connectivity index (χ0v) is 15.7. The first-order valence-corrected chi connectivity index (χ1v) is 9.36. The number of nitrogens with zero attached hydrogens (tertiary/aromatic N) is 5. The topological polar surface area (TPSA) is 74.4 Å². The van der Waals surface area contributed by atoms with Crippen molar-refractivity contribution in [3.8, 4) is 22.1 Å². The lowest BCUT2D eigenvalue weighted by molar-refractivity contribution is 0.296. The molecule has 0 aliphatic rings. The summed E-state index contributed by atoms with van der Waals surface area (Å²) in [7, 11) is 1.63. The summed E-state index contributed by atoms with van der Waals surface area (Å²) in [4.78, 5) is 5.42. The molecule has 0 amide bonds. The Labute approximate surface area is 164 Å². The van der Waals surface area contributed by atoms with Crippen molar-refractivity contribution in [2.45, 2.75) is 6.61 Å². The van der Waals surface area contributed by atoms with Gasteiger partial charge in [0.05, 0.1) is 17.5 Å². The van der Waals surface area contributed by atoms with Crippen molar-refractivity contribution in [3.05, 3.63) is 65.9 Å². The molecule has 0 atom stereocenters. The van der Waals surface area contributed by atoms with E-state index in [0.29, 0.717) is 17.2 Å². The molecule has 1 aromatic carbocycles. The molecule has 0 saturated heterocycles. The van der Waals surface area contributed by atoms with Gasteiger partial charge in [-0.05, 0) is 42.5 Å². The van der Waals surface area contributed by atoms with Gasteiger partial charge in [0.15, 0.2) is 11.5 Å². The Morgan fingerprint density at radius 2 is 2.07 bits per heavy atom. The van der Waals surface area contributed by atoms with Gasteiger partial charge in [0.1, 0.15) is 23.8 Å². The minimum Gasteiger partial charge on any atom is -0.497 e. The highest BCUT2D eigenvalue weighted by Gasteiger charge is 2.11.